The van der Waals surface area contributed by atoms with Crippen LogP contribution >= 0.6 is 11.6 Å². The standard InChI is InChI=1S/C26H31ClN4O5S/c1-37(35,36)29-22-6-3-2-5-21(22)19-12-15-30(16-13-19)25(33)23(17-18-8-10-20(27)11-9-18)28-26(34)31-14-4-7-24(31)32/h2-3,5-6,8-11,19,23,29H,4,7,12-17H2,1H3,(H,28,34). The van der Waals surface area contributed by atoms with Gasteiger partial charge >= 0.3 is 6.03 Å². The SMILES string of the molecule is CS(=O)(=O)Nc1ccccc1C1CCN(C(=O)C(Cc2ccc(Cl)cc2)NC(=O)N2CCCC2=O)CC1. The highest BCUT2D eigenvalue weighted by Gasteiger charge is 2.34. The van der Waals surface area contributed by atoms with Crippen LogP contribution in [0.2, 0.25) is 5.02 Å². The largest absolute Gasteiger partial charge is 0.341 e. The predicted octanol–water partition coefficient (Wildman–Crippen LogP) is 3.36. The van der Waals surface area contributed by atoms with Gasteiger partial charge in [-0.2, -0.15) is 0 Å². The molecule has 0 aliphatic carbocycles. The van der Waals surface area contributed by atoms with E-state index in [-0.39, 0.29) is 24.2 Å². The van der Waals surface area contributed by atoms with Crippen molar-refractivity contribution in [3.8, 4) is 0 Å². The molecule has 0 aromatic heterocycles. The number of amides is 4. The lowest BCUT2D eigenvalue weighted by molar-refractivity contribution is -0.134. The van der Waals surface area contributed by atoms with Crippen molar-refractivity contribution < 1.29 is 22.8 Å². The zero-order chi connectivity index (χ0) is 26.6. The Kier molecular flexibility index (Phi) is 8.39. The normalized spacial score (nSPS) is 17.5. The molecule has 0 spiro atoms. The third-order valence-electron chi connectivity index (χ3n) is 6.77. The summed E-state index contributed by atoms with van der Waals surface area (Å²) in [7, 11) is -3.42. The van der Waals surface area contributed by atoms with Gasteiger partial charge in [-0.15, -0.1) is 0 Å². The van der Waals surface area contributed by atoms with Crippen LogP contribution in [0.4, 0.5) is 10.5 Å². The minimum atomic E-state index is -3.42. The molecule has 4 amide bonds. The second kappa shape index (κ2) is 11.5. The quantitative estimate of drug-likeness (QED) is 0.552. The monoisotopic (exact) mass is 546 g/mol. The maximum Gasteiger partial charge on any atom is 0.324 e. The fraction of sp³-hybridized carbons (Fsp3) is 0.423. The summed E-state index contributed by atoms with van der Waals surface area (Å²) in [4.78, 5) is 41.4. The van der Waals surface area contributed by atoms with Crippen molar-refractivity contribution in [2.45, 2.75) is 44.1 Å². The number of carbonyl (C=O) groups is 3. The zero-order valence-corrected chi connectivity index (χ0v) is 22.2. The van der Waals surface area contributed by atoms with E-state index in [0.717, 1.165) is 17.4 Å². The van der Waals surface area contributed by atoms with Gasteiger partial charge in [0.1, 0.15) is 6.04 Å². The molecule has 2 N–H and O–H groups in total. The van der Waals surface area contributed by atoms with Crippen LogP contribution in [0.25, 0.3) is 0 Å². The molecule has 11 heteroatoms. The molecule has 2 aliphatic rings. The number of sulfonamides is 1. The van der Waals surface area contributed by atoms with Crippen molar-refractivity contribution in [2.75, 3.05) is 30.6 Å². The summed E-state index contributed by atoms with van der Waals surface area (Å²) in [6.07, 6.45) is 3.64. The maximum absolute atomic E-state index is 13.6. The van der Waals surface area contributed by atoms with Gasteiger partial charge in [0.15, 0.2) is 0 Å². The van der Waals surface area contributed by atoms with Crippen molar-refractivity contribution in [3.63, 3.8) is 0 Å². The van der Waals surface area contributed by atoms with E-state index in [0.29, 0.717) is 56.0 Å². The van der Waals surface area contributed by atoms with E-state index in [1.165, 1.54) is 4.90 Å². The molecule has 0 radical (unpaired) electrons. The van der Waals surface area contributed by atoms with Crippen LogP contribution in [0.3, 0.4) is 0 Å². The molecule has 4 rings (SSSR count). The number of halogens is 1. The number of para-hydroxylation sites is 1. The number of nitrogens with one attached hydrogen (secondary N) is 2. The summed E-state index contributed by atoms with van der Waals surface area (Å²) in [5.74, 6) is -0.366. The smallest absolute Gasteiger partial charge is 0.324 e. The first-order valence-electron chi connectivity index (χ1n) is 12.3. The maximum atomic E-state index is 13.6. The van der Waals surface area contributed by atoms with Crippen molar-refractivity contribution in [2.24, 2.45) is 0 Å². The number of hydrogen-bond donors (Lipinski definition) is 2. The second-order valence-corrected chi connectivity index (χ2v) is 11.7. The summed E-state index contributed by atoms with van der Waals surface area (Å²) in [5.41, 5.74) is 2.29. The summed E-state index contributed by atoms with van der Waals surface area (Å²) in [6, 6.07) is 13.0. The molecule has 2 aliphatic heterocycles. The Hall–Kier alpha value is -3.11. The molecule has 2 fully saturated rings. The molecule has 0 saturated carbocycles. The lowest BCUT2D eigenvalue weighted by Crippen LogP contribution is -2.54. The number of imide groups is 1. The number of hydrogen-bond acceptors (Lipinski definition) is 5. The predicted molar refractivity (Wildman–Crippen MR) is 142 cm³/mol. The van der Waals surface area contributed by atoms with Crippen molar-refractivity contribution in [1.29, 1.82) is 0 Å². The molecule has 1 atom stereocenters. The highest BCUT2D eigenvalue weighted by Crippen LogP contribution is 2.33. The van der Waals surface area contributed by atoms with Crippen LogP contribution in [0.5, 0.6) is 0 Å². The van der Waals surface area contributed by atoms with Crippen LogP contribution in [0.1, 0.15) is 42.7 Å². The highest BCUT2D eigenvalue weighted by atomic mass is 35.5. The average molecular weight is 547 g/mol. The van der Waals surface area contributed by atoms with Crippen LogP contribution in [0, 0.1) is 0 Å². The molecule has 2 aromatic rings. The van der Waals surface area contributed by atoms with Crippen LogP contribution in [0.15, 0.2) is 48.5 Å². The third kappa shape index (κ3) is 7.01. The topological polar surface area (TPSA) is 116 Å². The number of anilines is 1. The summed E-state index contributed by atoms with van der Waals surface area (Å²) in [6.45, 7) is 1.28. The van der Waals surface area contributed by atoms with Crippen LogP contribution in [-0.2, 0) is 26.0 Å². The second-order valence-electron chi connectivity index (χ2n) is 9.54. The number of piperidine rings is 1. The molecular formula is C26H31ClN4O5S. The minimum absolute atomic E-state index is 0.0843. The first kappa shape index (κ1) is 26.9. The Balaban J connectivity index is 1.46. The van der Waals surface area contributed by atoms with Crippen LogP contribution in [-0.4, -0.2) is 68.0 Å². The van der Waals surface area contributed by atoms with E-state index in [1.54, 1.807) is 29.2 Å². The van der Waals surface area contributed by atoms with E-state index in [4.69, 9.17) is 11.6 Å². The Labute approximate surface area is 222 Å². The van der Waals surface area contributed by atoms with Gasteiger partial charge in [0, 0.05) is 37.5 Å². The molecule has 0 bridgehead atoms. The van der Waals surface area contributed by atoms with Crippen molar-refractivity contribution in [3.05, 3.63) is 64.7 Å². The van der Waals surface area contributed by atoms with Gasteiger partial charge in [-0.3, -0.25) is 19.2 Å². The highest BCUT2D eigenvalue weighted by molar-refractivity contribution is 7.92. The molecule has 2 heterocycles. The number of benzene rings is 2. The van der Waals surface area contributed by atoms with Gasteiger partial charge in [-0.05, 0) is 54.5 Å². The van der Waals surface area contributed by atoms with Gasteiger partial charge in [0.05, 0.1) is 11.9 Å². The molecule has 2 aromatic carbocycles. The van der Waals surface area contributed by atoms with Crippen molar-refractivity contribution >= 4 is 45.2 Å². The van der Waals surface area contributed by atoms with E-state index < -0.39 is 22.1 Å². The number of urea groups is 1. The van der Waals surface area contributed by atoms with Gasteiger partial charge in [-0.1, -0.05) is 41.9 Å². The van der Waals surface area contributed by atoms with E-state index >= 15 is 0 Å². The third-order valence-corrected chi connectivity index (χ3v) is 7.61. The number of likely N-dealkylation sites (tertiary alicyclic amines) is 2. The number of carbonyl (C=O) groups excluding carboxylic acids is 3. The first-order valence-corrected chi connectivity index (χ1v) is 14.6. The number of rotatable bonds is 7. The Morgan fingerprint density at radius 1 is 1.05 bits per heavy atom. The van der Waals surface area contributed by atoms with Crippen LogP contribution < -0.4 is 10.0 Å². The Bertz CT molecular complexity index is 1260. The zero-order valence-electron chi connectivity index (χ0n) is 20.7. The van der Waals surface area contributed by atoms with Gasteiger partial charge in [0.2, 0.25) is 21.8 Å². The van der Waals surface area contributed by atoms with Gasteiger partial charge in [0.25, 0.3) is 0 Å². The lowest BCUT2D eigenvalue weighted by atomic mass is 9.88. The Morgan fingerprint density at radius 2 is 1.73 bits per heavy atom. The van der Waals surface area contributed by atoms with Gasteiger partial charge < -0.3 is 10.2 Å². The van der Waals surface area contributed by atoms with E-state index in [2.05, 4.69) is 10.0 Å². The van der Waals surface area contributed by atoms with Crippen molar-refractivity contribution in [1.82, 2.24) is 15.1 Å². The summed E-state index contributed by atoms with van der Waals surface area (Å²) in [5, 5.41) is 3.37. The molecule has 9 nitrogen and oxygen atoms in total. The molecule has 2 saturated heterocycles. The summed E-state index contributed by atoms with van der Waals surface area (Å²) >= 11 is 6.00. The molecule has 198 valence electrons. The lowest BCUT2D eigenvalue weighted by Gasteiger charge is -2.35. The first-order chi connectivity index (χ1) is 17.6. The minimum Gasteiger partial charge on any atom is -0.341 e. The van der Waals surface area contributed by atoms with E-state index in [9.17, 15) is 22.8 Å². The van der Waals surface area contributed by atoms with E-state index in [1.807, 2.05) is 24.3 Å². The summed E-state index contributed by atoms with van der Waals surface area (Å²) < 4.78 is 26.2. The Morgan fingerprint density at radius 3 is 2.35 bits per heavy atom. The fourth-order valence-corrected chi connectivity index (χ4v) is 5.63. The average Bonchev–Trinajstić information content (AvgIpc) is 3.30. The fourth-order valence-electron chi connectivity index (χ4n) is 4.92. The molecular weight excluding hydrogens is 516 g/mol. The van der Waals surface area contributed by atoms with Gasteiger partial charge in [-0.25, -0.2) is 13.2 Å². The number of nitrogens with zero attached hydrogens (tertiary/aromatic N) is 2. The molecule has 37 heavy (non-hydrogen) atoms. The molecule has 1 unspecified atom stereocenters.